The molecule has 0 aliphatic carbocycles. The van der Waals surface area contributed by atoms with Crippen LogP contribution in [0.15, 0.2) is 18.2 Å². The molecule has 2 rings (SSSR count). The van der Waals surface area contributed by atoms with Crippen molar-refractivity contribution >= 4 is 5.69 Å². The van der Waals surface area contributed by atoms with Crippen LogP contribution in [-0.2, 0) is 4.74 Å². The number of benzene rings is 1. The van der Waals surface area contributed by atoms with Crippen molar-refractivity contribution in [2.75, 3.05) is 32.7 Å². The largest absolute Gasteiger partial charge is 0.493 e. The van der Waals surface area contributed by atoms with Gasteiger partial charge in [-0.15, -0.1) is 0 Å². The zero-order valence-electron chi connectivity index (χ0n) is 13.7. The number of anilines is 1. The van der Waals surface area contributed by atoms with Crippen LogP contribution in [0.4, 0.5) is 5.69 Å². The summed E-state index contributed by atoms with van der Waals surface area (Å²) in [6, 6.07) is 5.51. The maximum Gasteiger partial charge on any atom is 0.162 e. The molecule has 0 aromatic heterocycles. The molecule has 0 saturated carbocycles. The Balaban J connectivity index is 1.59. The Bertz CT molecular complexity index is 428. The minimum Gasteiger partial charge on any atom is -0.493 e. The van der Waals surface area contributed by atoms with Crippen LogP contribution in [0.2, 0.25) is 0 Å². The van der Waals surface area contributed by atoms with Crippen LogP contribution in [-0.4, -0.2) is 26.9 Å². The fourth-order valence-electron chi connectivity index (χ4n) is 2.96. The van der Waals surface area contributed by atoms with Gasteiger partial charge in [0.15, 0.2) is 11.5 Å². The van der Waals surface area contributed by atoms with Crippen molar-refractivity contribution in [1.82, 2.24) is 0 Å². The summed E-state index contributed by atoms with van der Waals surface area (Å²) in [6.45, 7) is 2.63. The van der Waals surface area contributed by atoms with E-state index in [9.17, 15) is 0 Å². The summed E-state index contributed by atoms with van der Waals surface area (Å²) in [4.78, 5) is 0. The second-order valence-electron chi connectivity index (χ2n) is 6.02. The molecular formula is C18H29NO3. The molecule has 1 unspecified atom stereocenters. The van der Waals surface area contributed by atoms with Gasteiger partial charge in [-0.3, -0.25) is 0 Å². The Hall–Kier alpha value is -1.42. The first-order chi connectivity index (χ1) is 10.8. The van der Waals surface area contributed by atoms with Gasteiger partial charge in [0.25, 0.3) is 0 Å². The number of unbranched alkanes of at least 4 members (excludes halogenated alkanes) is 2. The number of hydrogen-bond acceptors (Lipinski definition) is 4. The fraction of sp³-hybridized carbons (Fsp3) is 0.667. The Kier molecular flexibility index (Phi) is 7.37. The lowest BCUT2D eigenvalue weighted by atomic mass is 9.94. The van der Waals surface area contributed by atoms with E-state index in [0.717, 1.165) is 37.9 Å². The molecule has 22 heavy (non-hydrogen) atoms. The Morgan fingerprint density at radius 2 is 2.05 bits per heavy atom. The maximum absolute atomic E-state index is 5.79. The minimum absolute atomic E-state index is 0.691. The van der Waals surface area contributed by atoms with Crippen LogP contribution in [0.25, 0.3) is 0 Å². The molecule has 1 aliphatic rings. The predicted molar refractivity (Wildman–Crippen MR) is 89.5 cm³/mol. The first-order valence-electron chi connectivity index (χ1n) is 8.43. The molecule has 4 heteroatoms. The number of nitrogens with two attached hydrogens (primary N) is 1. The van der Waals surface area contributed by atoms with E-state index in [1.807, 2.05) is 12.1 Å². The topological polar surface area (TPSA) is 53.7 Å². The lowest BCUT2D eigenvalue weighted by molar-refractivity contribution is 0.141. The van der Waals surface area contributed by atoms with E-state index in [1.165, 1.54) is 38.5 Å². The zero-order valence-corrected chi connectivity index (χ0v) is 13.7. The van der Waals surface area contributed by atoms with Crippen molar-refractivity contribution < 1.29 is 14.2 Å². The molecular weight excluding hydrogens is 278 g/mol. The van der Waals surface area contributed by atoms with Gasteiger partial charge in [0.2, 0.25) is 0 Å². The first kappa shape index (κ1) is 16.9. The number of rotatable bonds is 8. The van der Waals surface area contributed by atoms with E-state index in [-0.39, 0.29) is 0 Å². The van der Waals surface area contributed by atoms with Gasteiger partial charge in [0, 0.05) is 25.0 Å². The Morgan fingerprint density at radius 3 is 2.91 bits per heavy atom. The lowest BCUT2D eigenvalue weighted by Gasteiger charge is -2.13. The van der Waals surface area contributed by atoms with E-state index < -0.39 is 0 Å². The minimum atomic E-state index is 0.691. The summed E-state index contributed by atoms with van der Waals surface area (Å²) in [5, 5.41) is 0. The van der Waals surface area contributed by atoms with Crippen LogP contribution >= 0.6 is 0 Å². The van der Waals surface area contributed by atoms with Gasteiger partial charge in [0.1, 0.15) is 0 Å². The van der Waals surface area contributed by atoms with Crippen LogP contribution in [0.3, 0.4) is 0 Å². The smallest absolute Gasteiger partial charge is 0.162 e. The fourth-order valence-corrected chi connectivity index (χ4v) is 2.96. The Labute approximate surface area is 133 Å². The van der Waals surface area contributed by atoms with Gasteiger partial charge >= 0.3 is 0 Å². The number of ether oxygens (including phenoxy) is 3. The number of hydrogen-bond donors (Lipinski definition) is 1. The average molecular weight is 307 g/mol. The highest BCUT2D eigenvalue weighted by atomic mass is 16.5. The van der Waals surface area contributed by atoms with Crippen molar-refractivity contribution in [2.24, 2.45) is 5.92 Å². The van der Waals surface area contributed by atoms with Crippen molar-refractivity contribution in [3.8, 4) is 11.5 Å². The summed E-state index contributed by atoms with van der Waals surface area (Å²) < 4.78 is 16.6. The van der Waals surface area contributed by atoms with E-state index in [1.54, 1.807) is 13.2 Å². The quantitative estimate of drug-likeness (QED) is 0.582. The molecule has 1 saturated heterocycles. The normalized spacial score (nSPS) is 18.7. The van der Waals surface area contributed by atoms with Crippen LogP contribution in [0.1, 0.15) is 44.9 Å². The SMILES string of the molecule is COc1cc(N)ccc1OCCCCCC1CCCOCC1. The van der Waals surface area contributed by atoms with E-state index >= 15 is 0 Å². The van der Waals surface area contributed by atoms with Gasteiger partial charge in [-0.1, -0.05) is 19.3 Å². The van der Waals surface area contributed by atoms with Crippen LogP contribution < -0.4 is 15.2 Å². The van der Waals surface area contributed by atoms with Crippen LogP contribution in [0, 0.1) is 5.92 Å². The molecule has 1 aromatic rings. The summed E-state index contributed by atoms with van der Waals surface area (Å²) in [7, 11) is 1.64. The van der Waals surface area contributed by atoms with Gasteiger partial charge in [-0.2, -0.15) is 0 Å². The second-order valence-corrected chi connectivity index (χ2v) is 6.02. The zero-order chi connectivity index (χ0) is 15.6. The van der Waals surface area contributed by atoms with Crippen LogP contribution in [0.5, 0.6) is 11.5 Å². The highest BCUT2D eigenvalue weighted by Gasteiger charge is 2.11. The van der Waals surface area contributed by atoms with E-state index in [2.05, 4.69) is 0 Å². The molecule has 0 bridgehead atoms. The molecule has 1 fully saturated rings. The molecule has 1 aromatic carbocycles. The van der Waals surface area contributed by atoms with Gasteiger partial charge in [0.05, 0.1) is 13.7 Å². The number of methoxy groups -OCH3 is 1. The first-order valence-corrected chi connectivity index (χ1v) is 8.43. The van der Waals surface area contributed by atoms with Gasteiger partial charge in [-0.25, -0.2) is 0 Å². The predicted octanol–water partition coefficient (Wildman–Crippen LogP) is 4.03. The van der Waals surface area contributed by atoms with Crippen molar-refractivity contribution in [3.63, 3.8) is 0 Å². The summed E-state index contributed by atoms with van der Waals surface area (Å²) in [5.41, 5.74) is 6.43. The summed E-state index contributed by atoms with van der Waals surface area (Å²) in [6.07, 6.45) is 8.70. The van der Waals surface area contributed by atoms with E-state index in [0.29, 0.717) is 11.4 Å². The van der Waals surface area contributed by atoms with Crippen molar-refractivity contribution in [1.29, 1.82) is 0 Å². The molecule has 0 amide bonds. The Morgan fingerprint density at radius 1 is 1.14 bits per heavy atom. The molecule has 1 heterocycles. The van der Waals surface area contributed by atoms with Crippen molar-refractivity contribution in [3.05, 3.63) is 18.2 Å². The molecule has 4 nitrogen and oxygen atoms in total. The molecule has 124 valence electrons. The molecule has 0 radical (unpaired) electrons. The molecule has 1 aliphatic heterocycles. The summed E-state index contributed by atoms with van der Waals surface area (Å²) in [5.74, 6) is 2.34. The molecule has 0 spiro atoms. The highest BCUT2D eigenvalue weighted by Crippen LogP contribution is 2.29. The monoisotopic (exact) mass is 307 g/mol. The third-order valence-electron chi connectivity index (χ3n) is 4.27. The lowest BCUT2D eigenvalue weighted by Crippen LogP contribution is -2.03. The maximum atomic E-state index is 5.79. The third kappa shape index (κ3) is 5.76. The number of nitrogen functional groups attached to an aromatic ring is 1. The molecule has 2 N–H and O–H groups in total. The molecule has 1 atom stereocenters. The average Bonchev–Trinajstić information content (AvgIpc) is 2.80. The highest BCUT2D eigenvalue weighted by molar-refractivity contribution is 5.51. The van der Waals surface area contributed by atoms with E-state index in [4.69, 9.17) is 19.9 Å². The second kappa shape index (κ2) is 9.57. The van der Waals surface area contributed by atoms with Crippen molar-refractivity contribution in [2.45, 2.75) is 44.9 Å². The van der Waals surface area contributed by atoms with Gasteiger partial charge < -0.3 is 19.9 Å². The standard InChI is InChI=1S/C18H29NO3/c1-20-18-14-16(19)8-9-17(18)22-12-4-2-3-6-15-7-5-11-21-13-10-15/h8-9,14-15H,2-7,10-13,19H2,1H3. The summed E-state index contributed by atoms with van der Waals surface area (Å²) >= 11 is 0. The van der Waals surface area contributed by atoms with Gasteiger partial charge in [-0.05, 0) is 43.7 Å². The third-order valence-corrected chi connectivity index (χ3v) is 4.27.